The number of ketones is 1. The lowest BCUT2D eigenvalue weighted by Crippen LogP contribution is -2.03. The summed E-state index contributed by atoms with van der Waals surface area (Å²) in [7, 11) is 0. The van der Waals surface area contributed by atoms with E-state index in [2.05, 4.69) is 11.9 Å². The molecule has 0 spiro atoms. The van der Waals surface area contributed by atoms with Crippen molar-refractivity contribution in [2.45, 2.75) is 18.7 Å². The van der Waals surface area contributed by atoms with Gasteiger partial charge in [0.05, 0.1) is 5.75 Å². The number of rotatable bonds is 4. The van der Waals surface area contributed by atoms with Gasteiger partial charge >= 0.3 is 0 Å². The number of aromatic nitrogens is 1. The summed E-state index contributed by atoms with van der Waals surface area (Å²) in [6.45, 7) is 4.08. The molecule has 92 valence electrons. The Labute approximate surface area is 111 Å². The quantitative estimate of drug-likeness (QED) is 0.618. The van der Waals surface area contributed by atoms with E-state index >= 15 is 0 Å². The summed E-state index contributed by atoms with van der Waals surface area (Å²) in [5.41, 5.74) is 3.17. The van der Waals surface area contributed by atoms with E-state index in [9.17, 15) is 4.79 Å². The van der Waals surface area contributed by atoms with E-state index in [1.807, 2.05) is 37.3 Å². The van der Waals surface area contributed by atoms with Gasteiger partial charge in [-0.05, 0) is 43.2 Å². The van der Waals surface area contributed by atoms with Gasteiger partial charge in [-0.25, -0.2) is 0 Å². The summed E-state index contributed by atoms with van der Waals surface area (Å²) in [6, 6.07) is 9.69. The molecule has 0 bridgehead atoms. The van der Waals surface area contributed by atoms with E-state index < -0.39 is 0 Å². The fourth-order valence-corrected chi connectivity index (χ4v) is 2.36. The molecule has 18 heavy (non-hydrogen) atoms. The zero-order chi connectivity index (χ0) is 13.0. The Kier molecular flexibility index (Phi) is 4.15. The minimum Gasteiger partial charge on any atom is -0.293 e. The molecule has 0 unspecified atom stereocenters. The Bertz CT molecular complexity index is 552. The first kappa shape index (κ1) is 12.8. The van der Waals surface area contributed by atoms with Gasteiger partial charge < -0.3 is 0 Å². The zero-order valence-electron chi connectivity index (χ0n) is 10.5. The molecular weight excluding hydrogens is 242 g/mol. The molecule has 0 radical (unpaired) electrons. The first-order valence-corrected chi connectivity index (χ1v) is 6.78. The molecule has 0 aliphatic carbocycles. The third kappa shape index (κ3) is 3.20. The smallest absolute Gasteiger partial charge is 0.173 e. The van der Waals surface area contributed by atoms with Crippen molar-refractivity contribution in [3.8, 4) is 0 Å². The summed E-state index contributed by atoms with van der Waals surface area (Å²) in [5, 5.41) is 0. The molecule has 1 aromatic carbocycles. The highest BCUT2D eigenvalue weighted by molar-refractivity contribution is 8.00. The summed E-state index contributed by atoms with van der Waals surface area (Å²) in [4.78, 5) is 17.1. The Morgan fingerprint density at radius 3 is 2.50 bits per heavy atom. The minimum absolute atomic E-state index is 0.167. The Morgan fingerprint density at radius 1 is 1.11 bits per heavy atom. The van der Waals surface area contributed by atoms with Crippen molar-refractivity contribution >= 4 is 17.5 Å². The van der Waals surface area contributed by atoms with Crippen molar-refractivity contribution in [1.29, 1.82) is 0 Å². The standard InChI is InChI=1S/C15H15NOS/c1-11-3-4-13(9-12(11)2)15(17)10-18-14-5-7-16-8-6-14/h3-9H,10H2,1-2H3. The van der Waals surface area contributed by atoms with Crippen LogP contribution in [-0.4, -0.2) is 16.5 Å². The molecular formula is C15H15NOS. The van der Waals surface area contributed by atoms with Crippen LogP contribution in [0.2, 0.25) is 0 Å². The summed E-state index contributed by atoms with van der Waals surface area (Å²) in [6.07, 6.45) is 3.48. The lowest BCUT2D eigenvalue weighted by molar-refractivity contribution is 0.102. The number of aryl methyl sites for hydroxylation is 2. The number of nitrogens with zero attached hydrogens (tertiary/aromatic N) is 1. The number of hydrogen-bond acceptors (Lipinski definition) is 3. The highest BCUT2D eigenvalue weighted by Gasteiger charge is 2.07. The number of carbonyl (C=O) groups excluding carboxylic acids is 1. The highest BCUT2D eigenvalue weighted by atomic mass is 32.2. The predicted molar refractivity (Wildman–Crippen MR) is 75.2 cm³/mol. The van der Waals surface area contributed by atoms with Crippen LogP contribution in [0.5, 0.6) is 0 Å². The van der Waals surface area contributed by atoms with E-state index in [-0.39, 0.29) is 5.78 Å². The predicted octanol–water partition coefficient (Wildman–Crippen LogP) is 3.67. The number of Topliss-reactive ketones (excluding diaryl/α,β-unsaturated/α-hetero) is 1. The largest absolute Gasteiger partial charge is 0.293 e. The lowest BCUT2D eigenvalue weighted by Gasteiger charge is -2.04. The molecule has 0 fully saturated rings. The first-order chi connectivity index (χ1) is 8.66. The molecule has 0 atom stereocenters. The minimum atomic E-state index is 0.167. The van der Waals surface area contributed by atoms with E-state index in [1.54, 1.807) is 24.2 Å². The molecule has 0 saturated carbocycles. The molecule has 3 heteroatoms. The van der Waals surface area contributed by atoms with Crippen molar-refractivity contribution in [2.24, 2.45) is 0 Å². The number of hydrogen-bond donors (Lipinski definition) is 0. The fourth-order valence-electron chi connectivity index (χ4n) is 1.58. The fraction of sp³-hybridized carbons (Fsp3) is 0.200. The maximum atomic E-state index is 12.0. The van der Waals surface area contributed by atoms with Crippen molar-refractivity contribution < 1.29 is 4.79 Å². The third-order valence-electron chi connectivity index (χ3n) is 2.85. The van der Waals surface area contributed by atoms with Gasteiger partial charge in [-0.1, -0.05) is 12.1 Å². The molecule has 0 amide bonds. The average molecular weight is 257 g/mol. The van der Waals surface area contributed by atoms with Gasteiger partial charge in [-0.3, -0.25) is 9.78 Å². The van der Waals surface area contributed by atoms with Crippen LogP contribution < -0.4 is 0 Å². The van der Waals surface area contributed by atoms with Crippen LogP contribution in [0.3, 0.4) is 0 Å². The summed E-state index contributed by atoms with van der Waals surface area (Å²) in [5.74, 6) is 0.631. The second kappa shape index (κ2) is 5.83. The zero-order valence-corrected chi connectivity index (χ0v) is 11.3. The van der Waals surface area contributed by atoms with Crippen molar-refractivity contribution in [1.82, 2.24) is 4.98 Å². The molecule has 2 aromatic rings. The molecule has 2 nitrogen and oxygen atoms in total. The Morgan fingerprint density at radius 2 is 1.83 bits per heavy atom. The number of thioether (sulfide) groups is 1. The topological polar surface area (TPSA) is 30.0 Å². The van der Waals surface area contributed by atoms with E-state index in [0.717, 1.165) is 16.0 Å². The second-order valence-electron chi connectivity index (χ2n) is 4.19. The number of pyridine rings is 1. The molecule has 2 rings (SSSR count). The Hall–Kier alpha value is -1.61. The lowest BCUT2D eigenvalue weighted by atomic mass is 10.0. The van der Waals surface area contributed by atoms with E-state index in [4.69, 9.17) is 0 Å². The Balaban J connectivity index is 2.02. The number of benzene rings is 1. The van der Waals surface area contributed by atoms with E-state index in [1.165, 1.54) is 5.56 Å². The normalized spacial score (nSPS) is 10.3. The molecule has 0 aliphatic heterocycles. The first-order valence-electron chi connectivity index (χ1n) is 5.80. The monoisotopic (exact) mass is 257 g/mol. The summed E-state index contributed by atoms with van der Waals surface area (Å²) >= 11 is 1.54. The van der Waals surface area contributed by atoms with Crippen molar-refractivity contribution in [2.75, 3.05) is 5.75 Å². The van der Waals surface area contributed by atoms with Crippen LogP contribution in [0.15, 0.2) is 47.6 Å². The molecule has 0 saturated heterocycles. The van der Waals surface area contributed by atoms with Crippen molar-refractivity contribution in [3.05, 3.63) is 59.4 Å². The van der Waals surface area contributed by atoms with Crippen molar-refractivity contribution in [3.63, 3.8) is 0 Å². The second-order valence-corrected chi connectivity index (χ2v) is 5.24. The molecule has 1 heterocycles. The maximum absolute atomic E-state index is 12.0. The van der Waals surface area contributed by atoms with Crippen LogP contribution in [0.4, 0.5) is 0 Å². The van der Waals surface area contributed by atoms with Gasteiger partial charge in [0.2, 0.25) is 0 Å². The van der Waals surface area contributed by atoms with E-state index in [0.29, 0.717) is 5.75 Å². The van der Waals surface area contributed by atoms with Crippen LogP contribution in [0, 0.1) is 13.8 Å². The van der Waals surface area contributed by atoms with Crippen LogP contribution in [0.1, 0.15) is 21.5 Å². The number of carbonyl (C=O) groups is 1. The van der Waals surface area contributed by atoms with Gasteiger partial charge in [-0.15, -0.1) is 11.8 Å². The third-order valence-corrected chi connectivity index (χ3v) is 3.86. The molecule has 1 aromatic heterocycles. The maximum Gasteiger partial charge on any atom is 0.173 e. The summed E-state index contributed by atoms with van der Waals surface area (Å²) < 4.78 is 0. The van der Waals surface area contributed by atoms with Gasteiger partial charge in [-0.2, -0.15) is 0 Å². The van der Waals surface area contributed by atoms with Gasteiger partial charge in [0.15, 0.2) is 5.78 Å². The SMILES string of the molecule is Cc1ccc(C(=O)CSc2ccncc2)cc1C. The van der Waals surface area contributed by atoms with Crippen LogP contribution >= 0.6 is 11.8 Å². The van der Waals surface area contributed by atoms with Gasteiger partial charge in [0, 0.05) is 22.9 Å². The molecule has 0 N–H and O–H groups in total. The van der Waals surface area contributed by atoms with Crippen LogP contribution in [-0.2, 0) is 0 Å². The highest BCUT2D eigenvalue weighted by Crippen LogP contribution is 2.19. The van der Waals surface area contributed by atoms with Crippen LogP contribution in [0.25, 0.3) is 0 Å². The van der Waals surface area contributed by atoms with Gasteiger partial charge in [0.25, 0.3) is 0 Å². The van der Waals surface area contributed by atoms with Gasteiger partial charge in [0.1, 0.15) is 0 Å². The average Bonchev–Trinajstić information content (AvgIpc) is 2.40. The molecule has 0 aliphatic rings.